The van der Waals surface area contributed by atoms with Crippen LogP contribution in [0.1, 0.15) is 68.9 Å². The Morgan fingerprint density at radius 3 is 2.43 bits per heavy atom. The Bertz CT molecular complexity index is 2090. The molecule has 54 heavy (non-hydrogen) atoms. The largest absolute Gasteiger partial charge is 0.481 e. The standard InChI is InChI=1S/C41H49F3N8O2/c1-4-33(53)52-22-40(23-52)12-17-49(18-13-40)38-30-19-29(27-6-7-27)35(34-26(3)5-8-32-31(34)20-45-48-32)37(54-24-41(42,43)44)36(30)46-39(47-38)50-15-10-28(11-16-50)51-14-9-25(2)21-51/h4-5,8,19-20,25,27-28H,1,6-7,9-18,21-24H2,2-3H3,(H,45,48)/t25-/m1/s1. The quantitative estimate of drug-likeness (QED) is 0.189. The van der Waals surface area contributed by atoms with Gasteiger partial charge in [-0.3, -0.25) is 14.8 Å². The fourth-order valence-corrected chi connectivity index (χ4v) is 9.63. The van der Waals surface area contributed by atoms with Gasteiger partial charge >= 0.3 is 6.18 Å². The summed E-state index contributed by atoms with van der Waals surface area (Å²) in [7, 11) is 0. The summed E-state index contributed by atoms with van der Waals surface area (Å²) in [5.41, 5.74) is 4.69. The van der Waals surface area contributed by atoms with Crippen LogP contribution in [0.3, 0.4) is 0 Å². The number of hydrogen-bond acceptors (Lipinski definition) is 8. The lowest BCUT2D eigenvalue weighted by Crippen LogP contribution is -2.61. The number of likely N-dealkylation sites (tertiary alicyclic amines) is 2. The van der Waals surface area contributed by atoms with E-state index in [1.807, 2.05) is 24.0 Å². The second-order valence-electron chi connectivity index (χ2n) is 16.7. The molecule has 1 spiro atoms. The first kappa shape index (κ1) is 35.3. The molecule has 9 rings (SSSR count). The van der Waals surface area contributed by atoms with Crippen molar-refractivity contribution in [3.8, 4) is 16.9 Å². The number of carbonyl (C=O) groups excluding carboxylic acids is 1. The fraction of sp³-hybridized carbons (Fsp3) is 0.561. The van der Waals surface area contributed by atoms with Crippen LogP contribution in [0.15, 0.2) is 37.1 Å². The van der Waals surface area contributed by atoms with E-state index in [9.17, 15) is 18.0 Å². The Morgan fingerprint density at radius 1 is 1.00 bits per heavy atom. The molecule has 1 aliphatic carbocycles. The van der Waals surface area contributed by atoms with E-state index in [-0.39, 0.29) is 23.0 Å². The first-order valence-electron chi connectivity index (χ1n) is 19.7. The zero-order valence-electron chi connectivity index (χ0n) is 31.2. The van der Waals surface area contributed by atoms with Crippen molar-refractivity contribution in [2.24, 2.45) is 11.3 Å². The van der Waals surface area contributed by atoms with E-state index in [4.69, 9.17) is 14.7 Å². The van der Waals surface area contributed by atoms with Crippen molar-refractivity contribution >= 4 is 39.5 Å². The number of aromatic amines is 1. The van der Waals surface area contributed by atoms with Gasteiger partial charge in [-0.15, -0.1) is 0 Å². The van der Waals surface area contributed by atoms with Crippen LogP contribution in [0.4, 0.5) is 24.9 Å². The molecule has 286 valence electrons. The number of amides is 1. The van der Waals surface area contributed by atoms with Gasteiger partial charge < -0.3 is 19.4 Å². The molecule has 0 bridgehead atoms. The minimum absolute atomic E-state index is 0.0337. The Morgan fingerprint density at radius 2 is 1.76 bits per heavy atom. The number of piperidine rings is 2. The maximum Gasteiger partial charge on any atom is 0.422 e. The highest BCUT2D eigenvalue weighted by atomic mass is 19.4. The van der Waals surface area contributed by atoms with Crippen molar-refractivity contribution in [3.63, 3.8) is 0 Å². The molecule has 5 fully saturated rings. The van der Waals surface area contributed by atoms with Gasteiger partial charge in [0.25, 0.3) is 0 Å². The smallest absolute Gasteiger partial charge is 0.422 e. The van der Waals surface area contributed by atoms with Gasteiger partial charge in [0.2, 0.25) is 11.9 Å². The first-order chi connectivity index (χ1) is 26.0. The zero-order chi connectivity index (χ0) is 37.4. The minimum atomic E-state index is -4.55. The number of hydrogen-bond donors (Lipinski definition) is 1. The molecule has 4 aliphatic heterocycles. The van der Waals surface area contributed by atoms with Crippen LogP contribution in [0.25, 0.3) is 32.9 Å². The van der Waals surface area contributed by atoms with E-state index < -0.39 is 12.8 Å². The SMILES string of the molecule is C=CC(=O)N1CC2(CCN(c3nc(N4CCC(N5CC[C@@H](C)C5)CC4)nc4c(OCC(F)(F)F)c(-c5c(C)ccc6[nH]ncc56)c(C5CC5)cc34)CC2)C1. The van der Waals surface area contributed by atoms with Gasteiger partial charge in [0.05, 0.1) is 11.7 Å². The minimum Gasteiger partial charge on any atom is -0.481 e. The second-order valence-corrected chi connectivity index (χ2v) is 16.7. The lowest BCUT2D eigenvalue weighted by molar-refractivity contribution is -0.153. The van der Waals surface area contributed by atoms with E-state index in [2.05, 4.69) is 44.5 Å². The molecule has 1 atom stereocenters. The van der Waals surface area contributed by atoms with Crippen molar-refractivity contribution in [1.82, 2.24) is 30.0 Å². The molecule has 2 aromatic carbocycles. The molecule has 6 heterocycles. The second kappa shape index (κ2) is 13.4. The number of anilines is 2. The van der Waals surface area contributed by atoms with E-state index in [1.165, 1.54) is 12.5 Å². The molecule has 10 nitrogen and oxygen atoms in total. The molecule has 0 radical (unpaired) electrons. The van der Waals surface area contributed by atoms with Gasteiger partial charge in [0.1, 0.15) is 11.3 Å². The normalized spacial score (nSPS) is 22.4. The number of ether oxygens (including phenoxy) is 1. The van der Waals surface area contributed by atoms with Gasteiger partial charge in [-0.25, -0.2) is 4.98 Å². The number of fused-ring (bicyclic) bond motifs is 2. The third-order valence-corrected chi connectivity index (χ3v) is 12.8. The number of aryl methyl sites for hydroxylation is 1. The highest BCUT2D eigenvalue weighted by molar-refractivity contribution is 6.06. The van der Waals surface area contributed by atoms with Crippen molar-refractivity contribution in [2.45, 2.75) is 76.9 Å². The Labute approximate surface area is 313 Å². The predicted molar refractivity (Wildman–Crippen MR) is 204 cm³/mol. The third kappa shape index (κ3) is 6.45. The fourth-order valence-electron chi connectivity index (χ4n) is 9.63. The summed E-state index contributed by atoms with van der Waals surface area (Å²) in [6, 6.07) is 6.60. The van der Waals surface area contributed by atoms with E-state index >= 15 is 0 Å². The third-order valence-electron chi connectivity index (χ3n) is 12.8. The monoisotopic (exact) mass is 742 g/mol. The van der Waals surface area contributed by atoms with Crippen molar-refractivity contribution < 1.29 is 22.7 Å². The van der Waals surface area contributed by atoms with Crippen molar-refractivity contribution in [2.75, 3.05) is 68.8 Å². The molecular formula is C41H49F3N8O2. The maximum atomic E-state index is 14.1. The number of halogens is 3. The molecule has 1 saturated carbocycles. The van der Waals surface area contributed by atoms with Gasteiger partial charge in [-0.1, -0.05) is 19.6 Å². The van der Waals surface area contributed by atoms with Gasteiger partial charge in [0, 0.05) is 73.6 Å². The van der Waals surface area contributed by atoms with Crippen molar-refractivity contribution in [1.29, 1.82) is 0 Å². The summed E-state index contributed by atoms with van der Waals surface area (Å²) < 4.78 is 48.5. The van der Waals surface area contributed by atoms with Crippen LogP contribution < -0.4 is 14.5 Å². The molecular weight excluding hydrogens is 693 g/mol. The topological polar surface area (TPSA) is 93.7 Å². The Hall–Kier alpha value is -4.39. The number of rotatable bonds is 8. The van der Waals surface area contributed by atoms with Crippen molar-refractivity contribution in [3.05, 3.63) is 48.2 Å². The van der Waals surface area contributed by atoms with Gasteiger partial charge in [-0.2, -0.15) is 23.3 Å². The lowest BCUT2D eigenvalue weighted by atomic mass is 9.72. The van der Waals surface area contributed by atoms with Crippen LogP contribution in [0.5, 0.6) is 5.75 Å². The maximum absolute atomic E-state index is 14.1. The number of carbonyl (C=O) groups is 1. The Balaban J connectivity index is 1.17. The number of nitrogens with one attached hydrogen (secondary N) is 1. The number of benzene rings is 2. The molecule has 0 unspecified atom stereocenters. The van der Waals surface area contributed by atoms with Crippen LogP contribution in [0, 0.1) is 18.3 Å². The van der Waals surface area contributed by atoms with E-state index in [0.29, 0.717) is 29.0 Å². The van der Waals surface area contributed by atoms with E-state index in [1.54, 1.807) is 6.20 Å². The molecule has 4 aromatic rings. The summed E-state index contributed by atoms with van der Waals surface area (Å²) >= 11 is 0. The molecule has 13 heteroatoms. The summed E-state index contributed by atoms with van der Waals surface area (Å²) in [5, 5.41) is 8.93. The number of alkyl halides is 3. The first-order valence-corrected chi connectivity index (χ1v) is 19.7. The van der Waals surface area contributed by atoms with E-state index in [0.717, 1.165) is 130 Å². The van der Waals surface area contributed by atoms with Gasteiger partial charge in [-0.05, 0) is 105 Å². The average molecular weight is 743 g/mol. The molecule has 5 aliphatic rings. The predicted octanol–water partition coefficient (Wildman–Crippen LogP) is 7.23. The highest BCUT2D eigenvalue weighted by Crippen LogP contribution is 2.53. The summed E-state index contributed by atoms with van der Waals surface area (Å²) in [5.74, 6) is 2.32. The zero-order valence-corrected chi connectivity index (χ0v) is 31.2. The molecule has 4 saturated heterocycles. The molecule has 1 N–H and O–H groups in total. The summed E-state index contributed by atoms with van der Waals surface area (Å²) in [6.07, 6.45) is 5.46. The number of H-pyrrole nitrogens is 1. The number of nitrogens with zero attached hydrogens (tertiary/aromatic N) is 7. The van der Waals surface area contributed by atoms with Crippen LogP contribution in [-0.2, 0) is 4.79 Å². The molecule has 1 amide bonds. The summed E-state index contributed by atoms with van der Waals surface area (Å²) in [6.45, 7) is 13.2. The lowest BCUT2D eigenvalue weighted by Gasteiger charge is -2.54. The highest BCUT2D eigenvalue weighted by Gasteiger charge is 2.47. The molecule has 2 aromatic heterocycles. The summed E-state index contributed by atoms with van der Waals surface area (Å²) in [4.78, 5) is 31.8. The Kier molecular flexibility index (Phi) is 8.78. The average Bonchev–Trinajstić information content (AvgIpc) is 3.73. The van der Waals surface area contributed by atoms with Gasteiger partial charge in [0.15, 0.2) is 12.4 Å². The van der Waals surface area contributed by atoms with Crippen LogP contribution in [0.2, 0.25) is 0 Å². The van der Waals surface area contributed by atoms with Crippen LogP contribution in [-0.4, -0.2) is 107 Å². The number of aromatic nitrogens is 4. The van der Waals surface area contributed by atoms with Crippen LogP contribution >= 0.6 is 0 Å².